The van der Waals surface area contributed by atoms with Crippen LogP contribution in [0.1, 0.15) is 12.5 Å². The normalized spacial score (nSPS) is 13.4. The Morgan fingerprint density at radius 3 is 2.68 bits per heavy atom. The Hall–Kier alpha value is -3.06. The standard InChI is InChI=1S/C21H21N3O3S/c1-2-22-21(25)24-13-12-16-14-17(10-11-20(16)24)28(26,27)23-19-9-5-7-15-6-3-4-8-18(15)19/h3-11,14,23H,2,12-13H2,1H3,(H,22,25). The van der Waals surface area contributed by atoms with E-state index in [9.17, 15) is 13.2 Å². The van der Waals surface area contributed by atoms with Crippen molar-refractivity contribution < 1.29 is 13.2 Å². The number of fused-ring (bicyclic) bond motifs is 2. The van der Waals surface area contributed by atoms with Crippen molar-refractivity contribution in [2.75, 3.05) is 22.7 Å². The molecule has 7 heteroatoms. The molecule has 0 bridgehead atoms. The number of hydrogen-bond acceptors (Lipinski definition) is 3. The molecule has 3 aromatic rings. The summed E-state index contributed by atoms with van der Waals surface area (Å²) in [6, 6.07) is 17.9. The van der Waals surface area contributed by atoms with Gasteiger partial charge in [-0.05, 0) is 48.6 Å². The number of carbonyl (C=O) groups excluding carboxylic acids is 1. The van der Waals surface area contributed by atoms with E-state index >= 15 is 0 Å². The van der Waals surface area contributed by atoms with Crippen molar-refractivity contribution >= 4 is 38.2 Å². The summed E-state index contributed by atoms with van der Waals surface area (Å²) in [4.78, 5) is 14.0. The van der Waals surface area contributed by atoms with Crippen LogP contribution >= 0.6 is 0 Å². The predicted molar refractivity (Wildman–Crippen MR) is 111 cm³/mol. The number of urea groups is 1. The number of amides is 2. The van der Waals surface area contributed by atoms with Crippen LogP contribution in [0.25, 0.3) is 10.8 Å². The first kappa shape index (κ1) is 18.3. The Balaban J connectivity index is 1.65. The minimum absolute atomic E-state index is 0.161. The SMILES string of the molecule is CCNC(=O)N1CCc2cc(S(=O)(=O)Nc3cccc4ccccc34)ccc21. The molecule has 0 aliphatic carbocycles. The Morgan fingerprint density at radius 2 is 1.86 bits per heavy atom. The van der Waals surface area contributed by atoms with Gasteiger partial charge in [-0.15, -0.1) is 0 Å². The molecular weight excluding hydrogens is 374 g/mol. The number of anilines is 2. The van der Waals surface area contributed by atoms with Crippen LogP contribution in [0.5, 0.6) is 0 Å². The van der Waals surface area contributed by atoms with Gasteiger partial charge in [0.1, 0.15) is 0 Å². The summed E-state index contributed by atoms with van der Waals surface area (Å²) in [5, 5.41) is 4.59. The zero-order chi connectivity index (χ0) is 19.7. The summed E-state index contributed by atoms with van der Waals surface area (Å²) in [6.07, 6.45) is 0.629. The van der Waals surface area contributed by atoms with Crippen LogP contribution in [0, 0.1) is 0 Å². The Bertz CT molecular complexity index is 1150. The number of sulfonamides is 1. The lowest BCUT2D eigenvalue weighted by atomic mass is 10.1. The number of benzene rings is 3. The van der Waals surface area contributed by atoms with Gasteiger partial charge < -0.3 is 5.32 Å². The van der Waals surface area contributed by atoms with Crippen molar-refractivity contribution in [1.29, 1.82) is 0 Å². The second-order valence-corrected chi connectivity index (χ2v) is 8.34. The van der Waals surface area contributed by atoms with Gasteiger partial charge in [-0.3, -0.25) is 9.62 Å². The highest BCUT2D eigenvalue weighted by Crippen LogP contribution is 2.31. The van der Waals surface area contributed by atoms with Gasteiger partial charge in [-0.1, -0.05) is 36.4 Å². The molecule has 1 heterocycles. The molecular formula is C21H21N3O3S. The lowest BCUT2D eigenvalue weighted by molar-refractivity contribution is 0.247. The summed E-state index contributed by atoms with van der Waals surface area (Å²) >= 11 is 0. The summed E-state index contributed by atoms with van der Waals surface area (Å²) in [5.74, 6) is 0. The van der Waals surface area contributed by atoms with Crippen molar-refractivity contribution in [3.63, 3.8) is 0 Å². The second-order valence-electron chi connectivity index (χ2n) is 6.66. The van der Waals surface area contributed by atoms with Gasteiger partial charge >= 0.3 is 6.03 Å². The maximum Gasteiger partial charge on any atom is 0.321 e. The summed E-state index contributed by atoms with van der Waals surface area (Å²) in [6.45, 7) is 2.96. The molecule has 6 nitrogen and oxygen atoms in total. The molecule has 2 N–H and O–H groups in total. The van der Waals surface area contributed by atoms with E-state index in [2.05, 4.69) is 10.0 Å². The topological polar surface area (TPSA) is 78.5 Å². The van der Waals surface area contributed by atoms with E-state index in [0.29, 0.717) is 25.2 Å². The molecule has 2 amide bonds. The van der Waals surface area contributed by atoms with E-state index in [1.807, 2.05) is 43.3 Å². The van der Waals surface area contributed by atoms with Crippen LogP contribution < -0.4 is 14.9 Å². The highest BCUT2D eigenvalue weighted by molar-refractivity contribution is 7.92. The molecule has 4 rings (SSSR count). The average Bonchev–Trinajstić information content (AvgIpc) is 3.12. The molecule has 0 radical (unpaired) electrons. The molecule has 1 aliphatic rings. The number of carbonyl (C=O) groups is 1. The number of rotatable bonds is 4. The first-order valence-corrected chi connectivity index (χ1v) is 10.7. The predicted octanol–water partition coefficient (Wildman–Crippen LogP) is 3.73. The molecule has 1 aliphatic heterocycles. The first-order chi connectivity index (χ1) is 13.5. The molecule has 28 heavy (non-hydrogen) atoms. The summed E-state index contributed by atoms with van der Waals surface area (Å²) in [7, 11) is -3.74. The quantitative estimate of drug-likeness (QED) is 0.706. The van der Waals surface area contributed by atoms with Gasteiger partial charge in [0.05, 0.1) is 10.6 Å². The van der Waals surface area contributed by atoms with Crippen molar-refractivity contribution in [2.45, 2.75) is 18.2 Å². The maximum absolute atomic E-state index is 13.0. The molecule has 0 atom stereocenters. The summed E-state index contributed by atoms with van der Waals surface area (Å²) in [5.41, 5.74) is 2.16. The third-order valence-corrected chi connectivity index (χ3v) is 6.23. The number of nitrogens with one attached hydrogen (secondary N) is 2. The fourth-order valence-corrected chi connectivity index (χ4v) is 4.65. The third kappa shape index (κ3) is 3.29. The molecule has 144 valence electrons. The monoisotopic (exact) mass is 395 g/mol. The molecule has 0 saturated carbocycles. The van der Waals surface area contributed by atoms with Crippen molar-refractivity contribution in [2.24, 2.45) is 0 Å². The van der Waals surface area contributed by atoms with Crippen molar-refractivity contribution in [1.82, 2.24) is 5.32 Å². The van der Waals surface area contributed by atoms with Gasteiger partial charge in [0.15, 0.2) is 0 Å². The lowest BCUT2D eigenvalue weighted by Crippen LogP contribution is -2.38. The fraction of sp³-hybridized carbons (Fsp3) is 0.190. The Labute approximate surface area is 164 Å². The molecule has 3 aromatic carbocycles. The maximum atomic E-state index is 13.0. The highest BCUT2D eigenvalue weighted by Gasteiger charge is 2.26. The molecule has 0 saturated heterocycles. The van der Waals surface area contributed by atoms with Crippen LogP contribution in [-0.2, 0) is 16.4 Å². The van der Waals surface area contributed by atoms with Gasteiger partial charge in [0, 0.05) is 24.2 Å². The first-order valence-electron chi connectivity index (χ1n) is 9.18. The smallest absolute Gasteiger partial charge is 0.321 e. The minimum atomic E-state index is -3.74. The average molecular weight is 395 g/mol. The van der Waals surface area contributed by atoms with Gasteiger partial charge in [0.2, 0.25) is 0 Å². The van der Waals surface area contributed by atoms with E-state index in [0.717, 1.165) is 22.0 Å². The van der Waals surface area contributed by atoms with E-state index in [-0.39, 0.29) is 10.9 Å². The van der Waals surface area contributed by atoms with Crippen LogP contribution in [0.15, 0.2) is 65.6 Å². The number of hydrogen-bond donors (Lipinski definition) is 2. The van der Waals surface area contributed by atoms with Crippen LogP contribution in [0.4, 0.5) is 16.2 Å². The zero-order valence-corrected chi connectivity index (χ0v) is 16.3. The van der Waals surface area contributed by atoms with E-state index in [1.54, 1.807) is 29.2 Å². The van der Waals surface area contributed by atoms with Crippen LogP contribution in [0.3, 0.4) is 0 Å². The van der Waals surface area contributed by atoms with Gasteiger partial charge in [0.25, 0.3) is 10.0 Å². The van der Waals surface area contributed by atoms with Gasteiger partial charge in [-0.25, -0.2) is 13.2 Å². The largest absolute Gasteiger partial charge is 0.338 e. The van der Waals surface area contributed by atoms with Crippen molar-refractivity contribution in [3.05, 3.63) is 66.2 Å². The summed E-state index contributed by atoms with van der Waals surface area (Å²) < 4.78 is 28.6. The Morgan fingerprint density at radius 1 is 1.07 bits per heavy atom. The van der Waals surface area contributed by atoms with Crippen LogP contribution in [0.2, 0.25) is 0 Å². The highest BCUT2D eigenvalue weighted by atomic mass is 32.2. The van der Waals surface area contributed by atoms with Crippen molar-refractivity contribution in [3.8, 4) is 0 Å². The lowest BCUT2D eigenvalue weighted by Gasteiger charge is -2.18. The fourth-order valence-electron chi connectivity index (χ4n) is 3.52. The van der Waals surface area contributed by atoms with Gasteiger partial charge in [-0.2, -0.15) is 0 Å². The van der Waals surface area contributed by atoms with E-state index in [1.165, 1.54) is 0 Å². The zero-order valence-electron chi connectivity index (χ0n) is 15.5. The molecule has 0 unspecified atom stereocenters. The third-order valence-electron chi connectivity index (χ3n) is 4.86. The Kier molecular flexibility index (Phi) is 4.68. The van der Waals surface area contributed by atoms with E-state index < -0.39 is 10.0 Å². The minimum Gasteiger partial charge on any atom is -0.338 e. The number of nitrogens with zero attached hydrogens (tertiary/aromatic N) is 1. The molecule has 0 aromatic heterocycles. The molecule has 0 spiro atoms. The van der Waals surface area contributed by atoms with Crippen LogP contribution in [-0.4, -0.2) is 27.5 Å². The molecule has 0 fully saturated rings. The second kappa shape index (κ2) is 7.16. The van der Waals surface area contributed by atoms with E-state index in [4.69, 9.17) is 0 Å².